The topological polar surface area (TPSA) is 0 Å². The summed E-state index contributed by atoms with van der Waals surface area (Å²) in [5.74, 6) is 1.11. The van der Waals surface area contributed by atoms with E-state index in [2.05, 4.69) is 20.8 Å². The number of hydrogen-bond donors (Lipinski definition) is 0. The van der Waals surface area contributed by atoms with E-state index >= 15 is 0 Å². The fraction of sp³-hybridized carbons (Fsp3) is 1.00. The molecule has 16 heavy (non-hydrogen) atoms. The maximum atomic E-state index is 12.6. The molecule has 0 radical (unpaired) electrons. The molecule has 0 N–H and O–H groups in total. The first-order valence-electron chi connectivity index (χ1n) is 6.23. The van der Waals surface area contributed by atoms with Gasteiger partial charge in [0, 0.05) is 0 Å². The first kappa shape index (κ1) is 13.9. The predicted octanol–water partition coefficient (Wildman–Crippen LogP) is 5.04. The van der Waals surface area contributed by atoms with Crippen molar-refractivity contribution in [2.24, 2.45) is 23.2 Å². The Morgan fingerprint density at radius 2 is 1.62 bits per heavy atom. The van der Waals surface area contributed by atoms with Gasteiger partial charge in [-0.15, -0.1) is 0 Å². The zero-order valence-corrected chi connectivity index (χ0v) is 10.7. The molecule has 3 atom stereocenters. The summed E-state index contributed by atoms with van der Waals surface area (Å²) in [4.78, 5) is 0. The molecule has 0 nitrogen and oxygen atoms in total. The van der Waals surface area contributed by atoms with Crippen molar-refractivity contribution in [3.05, 3.63) is 0 Å². The zero-order valence-electron chi connectivity index (χ0n) is 10.7. The number of hydrogen-bond acceptors (Lipinski definition) is 0. The minimum absolute atomic E-state index is 0.0810. The van der Waals surface area contributed by atoms with Crippen molar-refractivity contribution >= 4 is 0 Å². The van der Waals surface area contributed by atoms with Gasteiger partial charge >= 0.3 is 6.18 Å². The Hall–Kier alpha value is -0.210. The average molecular weight is 236 g/mol. The molecule has 2 bridgehead atoms. The van der Waals surface area contributed by atoms with Gasteiger partial charge in [-0.05, 0) is 37.0 Å². The Bertz CT molecular complexity index is 229. The standard InChI is InChI=1S/C9H13F3.C4H10/c1-8(9(10,11)12)5-6-2-3-7(8)4-6;1-4(2)3/h6-7H,2-5H2,1H3;4H,1-3H3. The lowest BCUT2D eigenvalue weighted by Crippen LogP contribution is -2.39. The lowest BCUT2D eigenvalue weighted by molar-refractivity contribution is -0.234. The second-order valence-electron chi connectivity index (χ2n) is 6.23. The van der Waals surface area contributed by atoms with Crippen molar-refractivity contribution in [2.45, 2.75) is 59.6 Å². The predicted molar refractivity (Wildman–Crippen MR) is 60.1 cm³/mol. The van der Waals surface area contributed by atoms with Crippen LogP contribution in [-0.4, -0.2) is 6.18 Å². The summed E-state index contributed by atoms with van der Waals surface area (Å²) in [6, 6.07) is 0. The summed E-state index contributed by atoms with van der Waals surface area (Å²) in [5.41, 5.74) is -1.35. The van der Waals surface area contributed by atoms with Gasteiger partial charge < -0.3 is 0 Å². The molecule has 0 heterocycles. The molecule has 2 aliphatic carbocycles. The fourth-order valence-electron chi connectivity index (χ4n) is 2.95. The third-order valence-electron chi connectivity index (χ3n) is 3.80. The van der Waals surface area contributed by atoms with Crippen LogP contribution in [0.25, 0.3) is 0 Å². The molecule has 0 amide bonds. The molecule has 0 saturated heterocycles. The highest BCUT2D eigenvalue weighted by Gasteiger charge is 2.61. The summed E-state index contributed by atoms with van der Waals surface area (Å²) in [7, 11) is 0. The third kappa shape index (κ3) is 2.72. The van der Waals surface area contributed by atoms with E-state index in [1.54, 1.807) is 0 Å². The molecule has 2 rings (SSSR count). The van der Waals surface area contributed by atoms with Crippen LogP contribution >= 0.6 is 0 Å². The summed E-state index contributed by atoms with van der Waals surface area (Å²) in [6.45, 7) is 7.90. The Balaban J connectivity index is 0.000000280. The molecule has 96 valence electrons. The van der Waals surface area contributed by atoms with E-state index in [0.717, 1.165) is 25.2 Å². The molecule has 3 heteroatoms. The maximum Gasteiger partial charge on any atom is 0.394 e. The first-order valence-corrected chi connectivity index (χ1v) is 6.23. The summed E-state index contributed by atoms with van der Waals surface area (Å²) >= 11 is 0. The zero-order chi connectivity index (χ0) is 12.6. The van der Waals surface area contributed by atoms with Gasteiger partial charge in [0.2, 0.25) is 0 Å². The number of rotatable bonds is 0. The molecule has 2 fully saturated rings. The SMILES string of the molecule is CC(C)C.CC1(C(F)(F)F)CC2CCC1C2. The average Bonchev–Trinajstić information content (AvgIpc) is 2.60. The van der Waals surface area contributed by atoms with Crippen LogP contribution in [-0.2, 0) is 0 Å². The van der Waals surface area contributed by atoms with Gasteiger partial charge in [-0.3, -0.25) is 0 Å². The Morgan fingerprint density at radius 3 is 1.81 bits per heavy atom. The van der Waals surface area contributed by atoms with Crippen LogP contribution in [0.2, 0.25) is 0 Å². The van der Waals surface area contributed by atoms with E-state index < -0.39 is 11.6 Å². The lowest BCUT2D eigenvalue weighted by Gasteiger charge is -2.35. The summed E-state index contributed by atoms with van der Waals surface area (Å²) in [5, 5.41) is 0. The van der Waals surface area contributed by atoms with E-state index in [4.69, 9.17) is 0 Å². The fourth-order valence-corrected chi connectivity index (χ4v) is 2.95. The second kappa shape index (κ2) is 4.58. The van der Waals surface area contributed by atoms with Crippen LogP contribution in [0.5, 0.6) is 0 Å². The minimum atomic E-state index is -3.98. The normalized spacial score (nSPS) is 37.5. The Morgan fingerprint density at radius 1 is 1.12 bits per heavy atom. The van der Waals surface area contributed by atoms with Crippen molar-refractivity contribution in [3.63, 3.8) is 0 Å². The minimum Gasteiger partial charge on any atom is -0.171 e. The van der Waals surface area contributed by atoms with Gasteiger partial charge in [-0.25, -0.2) is 0 Å². The van der Waals surface area contributed by atoms with E-state index in [9.17, 15) is 13.2 Å². The largest absolute Gasteiger partial charge is 0.394 e. The third-order valence-corrected chi connectivity index (χ3v) is 3.80. The molecule has 2 aliphatic rings. The Labute approximate surface area is 96.6 Å². The number of halogens is 3. The van der Waals surface area contributed by atoms with E-state index in [-0.39, 0.29) is 5.92 Å². The highest BCUT2D eigenvalue weighted by atomic mass is 19.4. The smallest absolute Gasteiger partial charge is 0.171 e. The molecule has 2 saturated carbocycles. The molecule has 3 unspecified atom stereocenters. The number of alkyl halides is 3. The molecular formula is C13H23F3. The second-order valence-corrected chi connectivity index (χ2v) is 6.23. The van der Waals surface area contributed by atoms with Crippen molar-refractivity contribution in [1.29, 1.82) is 0 Å². The molecule has 0 aliphatic heterocycles. The summed E-state index contributed by atoms with van der Waals surface area (Å²) < 4.78 is 37.8. The summed E-state index contributed by atoms with van der Waals surface area (Å²) in [6.07, 6.45) is -0.971. The van der Waals surface area contributed by atoms with Crippen LogP contribution in [0.15, 0.2) is 0 Å². The van der Waals surface area contributed by atoms with Crippen molar-refractivity contribution in [2.75, 3.05) is 0 Å². The van der Waals surface area contributed by atoms with Gasteiger partial charge in [0.25, 0.3) is 0 Å². The van der Waals surface area contributed by atoms with Gasteiger partial charge in [0.1, 0.15) is 0 Å². The molecule has 0 spiro atoms. The van der Waals surface area contributed by atoms with E-state index in [1.807, 2.05) is 0 Å². The lowest BCUT2D eigenvalue weighted by atomic mass is 9.74. The first-order chi connectivity index (χ1) is 7.17. The van der Waals surface area contributed by atoms with Gasteiger partial charge in [0.15, 0.2) is 0 Å². The van der Waals surface area contributed by atoms with Gasteiger partial charge in [-0.1, -0.05) is 34.1 Å². The van der Waals surface area contributed by atoms with Gasteiger partial charge in [-0.2, -0.15) is 13.2 Å². The van der Waals surface area contributed by atoms with Crippen LogP contribution in [0.3, 0.4) is 0 Å². The van der Waals surface area contributed by atoms with Crippen molar-refractivity contribution < 1.29 is 13.2 Å². The van der Waals surface area contributed by atoms with Crippen LogP contribution < -0.4 is 0 Å². The van der Waals surface area contributed by atoms with Gasteiger partial charge in [0.05, 0.1) is 5.41 Å². The van der Waals surface area contributed by atoms with Crippen LogP contribution in [0.4, 0.5) is 13.2 Å². The van der Waals surface area contributed by atoms with Crippen LogP contribution in [0, 0.1) is 23.2 Å². The molecular weight excluding hydrogens is 213 g/mol. The molecule has 0 aromatic rings. The van der Waals surface area contributed by atoms with E-state index in [0.29, 0.717) is 12.3 Å². The maximum absolute atomic E-state index is 12.6. The molecule has 0 aromatic heterocycles. The van der Waals surface area contributed by atoms with E-state index in [1.165, 1.54) is 6.92 Å². The monoisotopic (exact) mass is 236 g/mol. The Kier molecular flexibility index (Phi) is 3.96. The quantitative estimate of drug-likeness (QED) is 0.553. The molecule has 0 aromatic carbocycles. The van der Waals surface area contributed by atoms with Crippen molar-refractivity contribution in [1.82, 2.24) is 0 Å². The van der Waals surface area contributed by atoms with Crippen molar-refractivity contribution in [3.8, 4) is 0 Å². The highest BCUT2D eigenvalue weighted by molar-refractivity contribution is 5.01. The number of fused-ring (bicyclic) bond motifs is 2. The highest BCUT2D eigenvalue weighted by Crippen LogP contribution is 2.62. The van der Waals surface area contributed by atoms with Crippen LogP contribution in [0.1, 0.15) is 53.4 Å².